The Balaban J connectivity index is 1.91. The minimum Gasteiger partial charge on any atom is -0.379 e. The Morgan fingerprint density at radius 2 is 1.81 bits per heavy atom. The molecule has 0 radical (unpaired) electrons. The van der Waals surface area contributed by atoms with Gasteiger partial charge >= 0.3 is 0 Å². The van der Waals surface area contributed by atoms with E-state index in [9.17, 15) is 17.6 Å². The number of ether oxygens (including phenoxy) is 1. The van der Waals surface area contributed by atoms with Gasteiger partial charge in [0.25, 0.3) is 5.91 Å². The molecular formula is C19H21FN2O4S. The van der Waals surface area contributed by atoms with Gasteiger partial charge in [0.2, 0.25) is 10.0 Å². The van der Waals surface area contributed by atoms with Crippen LogP contribution in [0.5, 0.6) is 0 Å². The first-order valence-corrected chi connectivity index (χ1v) is 9.99. The Labute approximate surface area is 158 Å². The normalized spacial score (nSPS) is 15.5. The number of nitrogens with zero attached hydrogens (tertiary/aromatic N) is 1. The highest BCUT2D eigenvalue weighted by Gasteiger charge is 2.28. The number of anilines is 1. The first-order valence-electron chi connectivity index (χ1n) is 8.55. The molecule has 1 aliphatic heterocycles. The van der Waals surface area contributed by atoms with E-state index >= 15 is 0 Å². The maximum absolute atomic E-state index is 14.2. The molecule has 0 bridgehead atoms. The van der Waals surface area contributed by atoms with Gasteiger partial charge in [0, 0.05) is 18.8 Å². The van der Waals surface area contributed by atoms with Crippen molar-refractivity contribution in [1.82, 2.24) is 4.31 Å². The minimum atomic E-state index is -3.82. The quantitative estimate of drug-likeness (QED) is 0.868. The highest BCUT2D eigenvalue weighted by atomic mass is 32.2. The SMILES string of the molecule is Cc1ccc(C)c(NC(=O)c2cc(S(=O)(=O)N3CCOCC3)ccc2F)c1. The number of halogens is 1. The molecule has 1 aliphatic rings. The molecule has 1 saturated heterocycles. The number of nitrogens with one attached hydrogen (secondary N) is 1. The van der Waals surface area contributed by atoms with Crippen LogP contribution in [0.2, 0.25) is 0 Å². The van der Waals surface area contributed by atoms with Crippen LogP contribution in [-0.4, -0.2) is 44.9 Å². The fraction of sp³-hybridized carbons (Fsp3) is 0.316. The number of sulfonamides is 1. The van der Waals surface area contributed by atoms with Crippen LogP contribution in [0, 0.1) is 19.7 Å². The van der Waals surface area contributed by atoms with E-state index in [1.807, 2.05) is 26.0 Å². The third-order valence-electron chi connectivity index (χ3n) is 4.43. The Morgan fingerprint density at radius 1 is 1.11 bits per heavy atom. The van der Waals surface area contributed by atoms with Crippen molar-refractivity contribution in [3.05, 3.63) is 58.9 Å². The highest BCUT2D eigenvalue weighted by Crippen LogP contribution is 2.22. The van der Waals surface area contributed by atoms with Crippen molar-refractivity contribution in [3.63, 3.8) is 0 Å². The average Bonchev–Trinajstić information content (AvgIpc) is 2.65. The van der Waals surface area contributed by atoms with Crippen LogP contribution in [-0.2, 0) is 14.8 Å². The van der Waals surface area contributed by atoms with Crippen molar-refractivity contribution >= 4 is 21.6 Å². The van der Waals surface area contributed by atoms with Crippen molar-refractivity contribution in [2.45, 2.75) is 18.7 Å². The predicted octanol–water partition coefficient (Wildman–Crippen LogP) is 2.72. The van der Waals surface area contributed by atoms with Gasteiger partial charge in [0.05, 0.1) is 23.7 Å². The molecule has 1 amide bonds. The smallest absolute Gasteiger partial charge is 0.258 e. The molecule has 1 heterocycles. The van der Waals surface area contributed by atoms with E-state index in [1.54, 1.807) is 6.07 Å². The molecule has 8 heteroatoms. The van der Waals surface area contributed by atoms with E-state index in [1.165, 1.54) is 10.4 Å². The molecule has 1 N–H and O–H groups in total. The topological polar surface area (TPSA) is 75.7 Å². The summed E-state index contributed by atoms with van der Waals surface area (Å²) in [5.74, 6) is -1.47. The molecule has 1 fully saturated rings. The van der Waals surface area contributed by atoms with E-state index < -0.39 is 21.7 Å². The average molecular weight is 392 g/mol. The van der Waals surface area contributed by atoms with Gasteiger partial charge in [-0.3, -0.25) is 4.79 Å². The van der Waals surface area contributed by atoms with Crippen LogP contribution in [0.4, 0.5) is 10.1 Å². The summed E-state index contributed by atoms with van der Waals surface area (Å²) in [6, 6.07) is 8.79. The Hall–Kier alpha value is -2.29. The molecule has 0 aliphatic carbocycles. The number of carbonyl (C=O) groups excluding carboxylic acids is 1. The lowest BCUT2D eigenvalue weighted by atomic mass is 10.1. The molecule has 6 nitrogen and oxygen atoms in total. The Morgan fingerprint density at radius 3 is 2.52 bits per heavy atom. The van der Waals surface area contributed by atoms with Crippen molar-refractivity contribution in [2.75, 3.05) is 31.6 Å². The van der Waals surface area contributed by atoms with Crippen LogP contribution in [0.15, 0.2) is 41.3 Å². The van der Waals surface area contributed by atoms with Crippen LogP contribution in [0.25, 0.3) is 0 Å². The number of carbonyl (C=O) groups is 1. The number of rotatable bonds is 4. The summed E-state index contributed by atoms with van der Waals surface area (Å²) in [6.45, 7) is 4.77. The number of benzene rings is 2. The molecular weight excluding hydrogens is 371 g/mol. The van der Waals surface area contributed by atoms with Gasteiger partial charge in [-0.25, -0.2) is 12.8 Å². The summed E-state index contributed by atoms with van der Waals surface area (Å²) in [5, 5.41) is 2.66. The molecule has 2 aromatic carbocycles. The third-order valence-corrected chi connectivity index (χ3v) is 6.33. The van der Waals surface area contributed by atoms with Crippen LogP contribution >= 0.6 is 0 Å². The van der Waals surface area contributed by atoms with E-state index in [4.69, 9.17) is 4.74 Å². The standard InChI is InChI=1S/C19H21FN2O4S/c1-13-3-4-14(2)18(11-13)21-19(23)16-12-15(5-6-17(16)20)27(24,25)22-7-9-26-10-8-22/h3-6,11-12H,7-10H2,1-2H3,(H,21,23). The summed E-state index contributed by atoms with van der Waals surface area (Å²) in [4.78, 5) is 12.5. The first-order chi connectivity index (χ1) is 12.8. The second-order valence-electron chi connectivity index (χ2n) is 6.43. The maximum Gasteiger partial charge on any atom is 0.258 e. The lowest BCUT2D eigenvalue weighted by Crippen LogP contribution is -2.40. The van der Waals surface area contributed by atoms with Crippen LogP contribution in [0.3, 0.4) is 0 Å². The number of hydrogen-bond acceptors (Lipinski definition) is 4. The molecule has 0 spiro atoms. The molecule has 144 valence electrons. The van der Waals surface area contributed by atoms with Crippen molar-refractivity contribution in [1.29, 1.82) is 0 Å². The summed E-state index contributed by atoms with van der Waals surface area (Å²) in [6.07, 6.45) is 0. The summed E-state index contributed by atoms with van der Waals surface area (Å²) in [7, 11) is -3.82. The lowest BCUT2D eigenvalue weighted by Gasteiger charge is -2.26. The van der Waals surface area contributed by atoms with Crippen LogP contribution in [0.1, 0.15) is 21.5 Å². The van der Waals surface area contributed by atoms with Gasteiger partial charge in [-0.1, -0.05) is 12.1 Å². The van der Waals surface area contributed by atoms with E-state index in [0.717, 1.165) is 23.3 Å². The monoisotopic (exact) mass is 392 g/mol. The van der Waals surface area contributed by atoms with Gasteiger partial charge < -0.3 is 10.1 Å². The van der Waals surface area contributed by atoms with Gasteiger partial charge in [-0.15, -0.1) is 0 Å². The molecule has 27 heavy (non-hydrogen) atoms. The largest absolute Gasteiger partial charge is 0.379 e. The number of morpholine rings is 1. The number of amides is 1. The summed E-state index contributed by atoms with van der Waals surface area (Å²) in [5.41, 5.74) is 2.01. The van der Waals surface area contributed by atoms with E-state index in [0.29, 0.717) is 18.9 Å². The van der Waals surface area contributed by atoms with Crippen molar-refractivity contribution < 1.29 is 22.3 Å². The predicted molar refractivity (Wildman–Crippen MR) is 99.8 cm³/mol. The maximum atomic E-state index is 14.2. The Bertz CT molecular complexity index is 970. The molecule has 0 atom stereocenters. The fourth-order valence-corrected chi connectivity index (χ4v) is 4.27. The molecule has 3 rings (SSSR count). The van der Waals surface area contributed by atoms with E-state index in [2.05, 4.69) is 5.32 Å². The van der Waals surface area contributed by atoms with Crippen molar-refractivity contribution in [2.24, 2.45) is 0 Å². The zero-order valence-corrected chi connectivity index (χ0v) is 16.0. The Kier molecular flexibility index (Phi) is 5.59. The minimum absolute atomic E-state index is 0.114. The molecule has 0 saturated carbocycles. The van der Waals surface area contributed by atoms with Crippen LogP contribution < -0.4 is 5.32 Å². The fourth-order valence-electron chi connectivity index (χ4n) is 2.84. The van der Waals surface area contributed by atoms with Gasteiger partial charge in [-0.2, -0.15) is 4.31 Å². The van der Waals surface area contributed by atoms with Gasteiger partial charge in [0.1, 0.15) is 5.82 Å². The molecule has 0 unspecified atom stereocenters. The third kappa shape index (κ3) is 4.18. The molecule has 2 aromatic rings. The highest BCUT2D eigenvalue weighted by molar-refractivity contribution is 7.89. The number of hydrogen-bond donors (Lipinski definition) is 1. The summed E-state index contributed by atoms with van der Waals surface area (Å²) >= 11 is 0. The van der Waals surface area contributed by atoms with Gasteiger partial charge in [0.15, 0.2) is 0 Å². The first kappa shape index (κ1) is 19.5. The lowest BCUT2D eigenvalue weighted by molar-refractivity contribution is 0.0730. The second-order valence-corrected chi connectivity index (χ2v) is 8.37. The molecule has 0 aromatic heterocycles. The van der Waals surface area contributed by atoms with Gasteiger partial charge in [-0.05, 0) is 49.2 Å². The van der Waals surface area contributed by atoms with E-state index in [-0.39, 0.29) is 23.5 Å². The van der Waals surface area contributed by atoms with Crippen molar-refractivity contribution in [3.8, 4) is 0 Å². The zero-order valence-electron chi connectivity index (χ0n) is 15.2. The number of aryl methyl sites for hydroxylation is 2. The summed E-state index contributed by atoms with van der Waals surface area (Å²) < 4.78 is 46.2. The second kappa shape index (κ2) is 7.75. The zero-order chi connectivity index (χ0) is 19.6.